The fraction of sp³-hybridized carbons (Fsp3) is 0.588. The Labute approximate surface area is 163 Å². The van der Waals surface area contributed by atoms with Crippen LogP contribution in [-0.4, -0.2) is 42.8 Å². The van der Waals surface area contributed by atoms with Gasteiger partial charge in [0.2, 0.25) is 0 Å². The molecule has 172 valence electrons. The number of methoxy groups -OCH3 is 1. The fourth-order valence-corrected chi connectivity index (χ4v) is 2.67. The number of halogens is 11. The quantitative estimate of drug-likeness (QED) is 0.339. The molecule has 0 fully saturated rings. The highest BCUT2D eigenvalue weighted by atomic mass is 19.4. The van der Waals surface area contributed by atoms with Crippen LogP contribution < -0.4 is 0 Å². The lowest BCUT2D eigenvalue weighted by molar-refractivity contribution is -0.424. The number of carbonyl (C=O) groups is 1. The Kier molecular flexibility index (Phi) is 6.66. The molecule has 30 heavy (non-hydrogen) atoms. The summed E-state index contributed by atoms with van der Waals surface area (Å²) in [6, 6.07) is 4.43. The smallest absolute Gasteiger partial charge is 0.374 e. The normalized spacial score (nSPS) is 16.3. The van der Waals surface area contributed by atoms with Crippen molar-refractivity contribution >= 4 is 5.78 Å². The number of carbonyl (C=O) groups excluding carboxylic acids is 1. The van der Waals surface area contributed by atoms with E-state index in [1.807, 2.05) is 0 Å². The summed E-state index contributed by atoms with van der Waals surface area (Å²) in [5, 5.41) is 0. The minimum Gasteiger partial charge on any atom is -0.374 e. The van der Waals surface area contributed by atoms with Gasteiger partial charge in [0.05, 0.1) is 12.0 Å². The number of ketones is 1. The van der Waals surface area contributed by atoms with E-state index in [-0.39, 0.29) is 5.56 Å². The molecule has 0 aromatic heterocycles. The number of ether oxygens (including phenoxy) is 1. The van der Waals surface area contributed by atoms with Crippen molar-refractivity contribution in [2.24, 2.45) is 0 Å². The Balaban J connectivity index is 3.54. The summed E-state index contributed by atoms with van der Waals surface area (Å²) in [4.78, 5) is 11.7. The van der Waals surface area contributed by atoms with Crippen LogP contribution >= 0.6 is 0 Å². The molecule has 1 unspecified atom stereocenters. The molecule has 0 aliphatic rings. The van der Waals surface area contributed by atoms with Gasteiger partial charge in [-0.15, -0.1) is 0 Å². The molecule has 0 aliphatic carbocycles. The maximum atomic E-state index is 14.2. The van der Waals surface area contributed by atoms with Gasteiger partial charge >= 0.3 is 29.9 Å². The molecule has 2 nitrogen and oxygen atoms in total. The molecule has 0 spiro atoms. The first-order chi connectivity index (χ1) is 13.2. The second-order valence-corrected chi connectivity index (χ2v) is 6.64. The zero-order valence-corrected chi connectivity index (χ0v) is 15.5. The van der Waals surface area contributed by atoms with Crippen molar-refractivity contribution in [3.8, 4) is 0 Å². The van der Waals surface area contributed by atoms with E-state index in [0.29, 0.717) is 14.0 Å². The van der Waals surface area contributed by atoms with E-state index in [2.05, 4.69) is 0 Å². The largest absolute Gasteiger partial charge is 0.460 e. The third-order valence-corrected chi connectivity index (χ3v) is 4.49. The van der Waals surface area contributed by atoms with Crippen LogP contribution in [-0.2, 0) is 10.3 Å². The Morgan fingerprint density at radius 1 is 0.833 bits per heavy atom. The van der Waals surface area contributed by atoms with E-state index < -0.39 is 53.2 Å². The predicted octanol–water partition coefficient (Wildman–Crippen LogP) is 6.24. The van der Waals surface area contributed by atoms with E-state index >= 15 is 0 Å². The predicted molar refractivity (Wildman–Crippen MR) is 81.3 cm³/mol. The third-order valence-electron chi connectivity index (χ3n) is 4.49. The zero-order valence-electron chi connectivity index (χ0n) is 15.5. The maximum Gasteiger partial charge on any atom is 0.460 e. The highest BCUT2D eigenvalue weighted by Gasteiger charge is 2.87. The third kappa shape index (κ3) is 4.00. The van der Waals surface area contributed by atoms with Crippen molar-refractivity contribution < 1.29 is 57.8 Å². The zero-order chi connectivity index (χ0) is 24.0. The summed E-state index contributed by atoms with van der Waals surface area (Å²) < 4.78 is 150. The van der Waals surface area contributed by atoms with Gasteiger partial charge in [0.1, 0.15) is 0 Å². The monoisotopic (exact) mass is 460 g/mol. The first-order valence-electron chi connectivity index (χ1n) is 7.93. The summed E-state index contributed by atoms with van der Waals surface area (Å²) in [5.74, 6) is -29.0. The second kappa shape index (κ2) is 7.65. The summed E-state index contributed by atoms with van der Waals surface area (Å²) in [7, 11) is 0.674. The van der Waals surface area contributed by atoms with Crippen LogP contribution in [0.5, 0.6) is 0 Å². The highest BCUT2D eigenvalue weighted by Crippen LogP contribution is 2.59. The molecule has 0 heterocycles. The fourth-order valence-electron chi connectivity index (χ4n) is 2.67. The first kappa shape index (κ1) is 26.1. The van der Waals surface area contributed by atoms with Crippen LogP contribution in [0.4, 0.5) is 48.3 Å². The van der Waals surface area contributed by atoms with Crippen LogP contribution in [0.15, 0.2) is 24.3 Å². The van der Waals surface area contributed by atoms with E-state index in [1.165, 1.54) is 6.07 Å². The Hall–Kier alpha value is -1.92. The highest BCUT2D eigenvalue weighted by molar-refractivity contribution is 5.95. The standard InChI is InChI=1S/C17H15F11O2/c1-9(29)10-6-4-5-7-11(10)12(2,30-3)8-13(18,19)14(20,21)15(22,23)16(24,25)17(26,27)28/h4-7H,8H2,1-3H3. The summed E-state index contributed by atoms with van der Waals surface area (Å²) in [5.41, 5.74) is -3.46. The summed E-state index contributed by atoms with van der Waals surface area (Å²) in [6.07, 6.45) is -9.68. The molecule has 0 aliphatic heterocycles. The molecule has 1 atom stereocenters. The first-order valence-corrected chi connectivity index (χ1v) is 7.93. The topological polar surface area (TPSA) is 26.3 Å². The number of benzene rings is 1. The van der Waals surface area contributed by atoms with Crippen molar-refractivity contribution in [1.29, 1.82) is 0 Å². The molecule has 0 saturated heterocycles. The Morgan fingerprint density at radius 2 is 1.30 bits per heavy atom. The molecule has 1 rings (SSSR count). The number of Topliss-reactive ketones (excluding diaryl/α,β-unsaturated/α-hetero) is 1. The lowest BCUT2D eigenvalue weighted by Crippen LogP contribution is -2.67. The van der Waals surface area contributed by atoms with Gasteiger partial charge in [0.15, 0.2) is 5.78 Å². The molecular weight excluding hydrogens is 445 g/mol. The van der Waals surface area contributed by atoms with E-state index in [4.69, 9.17) is 4.74 Å². The Morgan fingerprint density at radius 3 is 1.70 bits per heavy atom. The van der Waals surface area contributed by atoms with Gasteiger partial charge in [0, 0.05) is 12.7 Å². The van der Waals surface area contributed by atoms with Crippen molar-refractivity contribution in [2.45, 2.75) is 55.7 Å². The van der Waals surface area contributed by atoms with Crippen LogP contribution in [0, 0.1) is 0 Å². The number of alkyl halides is 11. The Bertz CT molecular complexity index is 786. The minimum absolute atomic E-state index is 0.339. The van der Waals surface area contributed by atoms with E-state index in [1.54, 1.807) is 0 Å². The average Bonchev–Trinajstić information content (AvgIpc) is 2.59. The van der Waals surface area contributed by atoms with Gasteiger partial charge in [-0.05, 0) is 19.4 Å². The minimum atomic E-state index is -7.50. The van der Waals surface area contributed by atoms with Crippen molar-refractivity contribution in [1.82, 2.24) is 0 Å². The van der Waals surface area contributed by atoms with Gasteiger partial charge in [-0.1, -0.05) is 24.3 Å². The summed E-state index contributed by atoms with van der Waals surface area (Å²) >= 11 is 0. The second-order valence-electron chi connectivity index (χ2n) is 6.64. The number of rotatable bonds is 8. The van der Waals surface area contributed by atoms with E-state index in [0.717, 1.165) is 25.1 Å². The lowest BCUT2D eigenvalue weighted by atomic mass is 9.82. The molecular formula is C17H15F11O2. The number of hydrogen-bond acceptors (Lipinski definition) is 2. The molecule has 1 aromatic carbocycles. The molecule has 0 saturated carbocycles. The van der Waals surface area contributed by atoms with E-state index in [9.17, 15) is 53.1 Å². The SMILES string of the molecule is COC(C)(CC(F)(F)C(F)(F)C(F)(F)C(F)(F)C(F)(F)F)c1ccccc1C(C)=O. The van der Waals surface area contributed by atoms with Crippen LogP contribution in [0.1, 0.15) is 36.2 Å². The van der Waals surface area contributed by atoms with Crippen LogP contribution in [0.2, 0.25) is 0 Å². The maximum absolute atomic E-state index is 14.2. The molecule has 13 heteroatoms. The van der Waals surface area contributed by atoms with Gasteiger partial charge < -0.3 is 4.74 Å². The van der Waals surface area contributed by atoms with Crippen LogP contribution in [0.3, 0.4) is 0 Å². The lowest BCUT2D eigenvalue weighted by Gasteiger charge is -2.40. The molecule has 0 amide bonds. The molecule has 0 N–H and O–H groups in total. The molecule has 1 aromatic rings. The van der Waals surface area contributed by atoms with Crippen molar-refractivity contribution in [3.05, 3.63) is 35.4 Å². The van der Waals surface area contributed by atoms with Gasteiger partial charge in [-0.25, -0.2) is 0 Å². The van der Waals surface area contributed by atoms with Crippen LogP contribution in [0.25, 0.3) is 0 Å². The average molecular weight is 460 g/mol. The molecule has 0 bridgehead atoms. The van der Waals surface area contributed by atoms with Gasteiger partial charge in [0.25, 0.3) is 0 Å². The number of hydrogen-bond donors (Lipinski definition) is 0. The summed E-state index contributed by atoms with van der Waals surface area (Å²) in [6.45, 7) is 1.62. The van der Waals surface area contributed by atoms with Crippen molar-refractivity contribution in [3.63, 3.8) is 0 Å². The van der Waals surface area contributed by atoms with Gasteiger partial charge in [-0.2, -0.15) is 48.3 Å². The van der Waals surface area contributed by atoms with Crippen molar-refractivity contribution in [2.75, 3.05) is 7.11 Å². The van der Waals surface area contributed by atoms with Gasteiger partial charge in [-0.3, -0.25) is 4.79 Å². The molecule has 0 radical (unpaired) electrons.